The molecule has 0 radical (unpaired) electrons. The SMILES string of the molecule is CC(C)(C)C(N)C(=O)c1ccccc1F. The molecule has 0 aliphatic heterocycles. The molecule has 0 amide bonds. The molecule has 0 bridgehead atoms. The van der Waals surface area contributed by atoms with Gasteiger partial charge in [0.2, 0.25) is 0 Å². The Morgan fingerprint density at radius 1 is 1.33 bits per heavy atom. The van der Waals surface area contributed by atoms with Crippen LogP contribution in [0.3, 0.4) is 0 Å². The van der Waals surface area contributed by atoms with Crippen LogP contribution in [-0.4, -0.2) is 11.8 Å². The van der Waals surface area contributed by atoms with Crippen LogP contribution in [0.4, 0.5) is 4.39 Å². The van der Waals surface area contributed by atoms with Gasteiger partial charge in [-0.3, -0.25) is 4.79 Å². The standard InChI is InChI=1S/C12H16FNO/c1-12(2,3)11(14)10(15)8-6-4-5-7-9(8)13/h4-7,11H,14H2,1-3H3. The summed E-state index contributed by atoms with van der Waals surface area (Å²) in [6, 6.07) is 5.22. The molecule has 82 valence electrons. The molecule has 0 saturated carbocycles. The van der Waals surface area contributed by atoms with Crippen LogP contribution in [-0.2, 0) is 0 Å². The molecule has 1 aromatic carbocycles. The molecule has 3 heteroatoms. The Morgan fingerprint density at radius 3 is 2.33 bits per heavy atom. The zero-order valence-corrected chi connectivity index (χ0v) is 9.25. The molecule has 0 fully saturated rings. The van der Waals surface area contributed by atoms with Crippen molar-refractivity contribution in [3.63, 3.8) is 0 Å². The predicted molar refractivity (Wildman–Crippen MR) is 58.2 cm³/mol. The summed E-state index contributed by atoms with van der Waals surface area (Å²) >= 11 is 0. The predicted octanol–water partition coefficient (Wildman–Crippen LogP) is 2.38. The van der Waals surface area contributed by atoms with Gasteiger partial charge in [-0.2, -0.15) is 0 Å². The van der Waals surface area contributed by atoms with Crippen LogP contribution < -0.4 is 5.73 Å². The van der Waals surface area contributed by atoms with Crippen molar-refractivity contribution >= 4 is 5.78 Å². The number of carbonyl (C=O) groups excluding carboxylic acids is 1. The molecule has 2 nitrogen and oxygen atoms in total. The minimum atomic E-state index is -0.686. The average molecular weight is 209 g/mol. The zero-order chi connectivity index (χ0) is 11.6. The van der Waals surface area contributed by atoms with E-state index >= 15 is 0 Å². The third-order valence-electron chi connectivity index (χ3n) is 2.35. The fourth-order valence-electron chi connectivity index (χ4n) is 1.22. The van der Waals surface area contributed by atoms with Gasteiger partial charge in [-0.25, -0.2) is 4.39 Å². The van der Waals surface area contributed by atoms with Gasteiger partial charge >= 0.3 is 0 Å². The van der Waals surface area contributed by atoms with Crippen LogP contribution >= 0.6 is 0 Å². The van der Waals surface area contributed by atoms with E-state index in [1.54, 1.807) is 12.1 Å². The summed E-state index contributed by atoms with van der Waals surface area (Å²) in [5.41, 5.74) is 5.49. The van der Waals surface area contributed by atoms with Gasteiger partial charge in [-0.1, -0.05) is 32.9 Å². The Balaban J connectivity index is 3.01. The number of benzene rings is 1. The Bertz CT molecular complexity index is 368. The van der Waals surface area contributed by atoms with Gasteiger partial charge in [0.05, 0.1) is 11.6 Å². The van der Waals surface area contributed by atoms with E-state index in [9.17, 15) is 9.18 Å². The van der Waals surface area contributed by atoms with E-state index in [-0.39, 0.29) is 16.8 Å². The summed E-state index contributed by atoms with van der Waals surface area (Å²) in [6.45, 7) is 5.57. The number of hydrogen-bond acceptors (Lipinski definition) is 2. The molecule has 0 aromatic heterocycles. The average Bonchev–Trinajstić information content (AvgIpc) is 2.15. The molecule has 2 N–H and O–H groups in total. The van der Waals surface area contributed by atoms with Crippen molar-refractivity contribution in [1.82, 2.24) is 0 Å². The van der Waals surface area contributed by atoms with Crippen molar-refractivity contribution < 1.29 is 9.18 Å². The highest BCUT2D eigenvalue weighted by Crippen LogP contribution is 2.21. The van der Waals surface area contributed by atoms with Crippen molar-refractivity contribution in [2.24, 2.45) is 11.1 Å². The number of ketones is 1. The number of rotatable bonds is 2. The fraction of sp³-hybridized carbons (Fsp3) is 0.417. The van der Waals surface area contributed by atoms with Crippen molar-refractivity contribution in [2.75, 3.05) is 0 Å². The molecular weight excluding hydrogens is 193 g/mol. The molecule has 1 atom stereocenters. The van der Waals surface area contributed by atoms with Gasteiger partial charge in [-0.05, 0) is 17.5 Å². The fourth-order valence-corrected chi connectivity index (χ4v) is 1.22. The molecular formula is C12H16FNO. The minimum absolute atomic E-state index is 0.0694. The first-order chi connectivity index (χ1) is 6.84. The number of Topliss-reactive ketones (excluding diaryl/α,β-unsaturated/α-hetero) is 1. The van der Waals surface area contributed by atoms with Gasteiger partial charge in [0.15, 0.2) is 5.78 Å². The molecule has 1 aromatic rings. The largest absolute Gasteiger partial charge is 0.321 e. The highest BCUT2D eigenvalue weighted by Gasteiger charge is 2.29. The number of carbonyl (C=O) groups is 1. The molecule has 0 aliphatic rings. The lowest BCUT2D eigenvalue weighted by Gasteiger charge is -2.25. The number of nitrogens with two attached hydrogens (primary N) is 1. The maximum atomic E-state index is 13.3. The minimum Gasteiger partial charge on any atom is -0.321 e. The maximum Gasteiger partial charge on any atom is 0.182 e. The first kappa shape index (κ1) is 11.9. The lowest BCUT2D eigenvalue weighted by molar-refractivity contribution is 0.0897. The van der Waals surface area contributed by atoms with Crippen LogP contribution in [0.2, 0.25) is 0 Å². The van der Waals surface area contributed by atoms with E-state index in [0.717, 1.165) is 0 Å². The summed E-state index contributed by atoms with van der Waals surface area (Å²) in [6.07, 6.45) is 0. The van der Waals surface area contributed by atoms with Crippen molar-refractivity contribution in [2.45, 2.75) is 26.8 Å². The molecule has 1 unspecified atom stereocenters. The highest BCUT2D eigenvalue weighted by molar-refractivity contribution is 6.00. The summed E-state index contributed by atoms with van der Waals surface area (Å²) in [5, 5.41) is 0. The summed E-state index contributed by atoms with van der Waals surface area (Å²) in [4.78, 5) is 11.8. The first-order valence-corrected chi connectivity index (χ1v) is 4.88. The second kappa shape index (κ2) is 4.11. The normalized spacial score (nSPS) is 13.7. The quantitative estimate of drug-likeness (QED) is 0.760. The third kappa shape index (κ3) is 2.63. The maximum absolute atomic E-state index is 13.3. The Kier molecular flexibility index (Phi) is 3.25. The van der Waals surface area contributed by atoms with Gasteiger partial charge in [-0.15, -0.1) is 0 Å². The van der Waals surface area contributed by atoms with Gasteiger partial charge in [0.25, 0.3) is 0 Å². The van der Waals surface area contributed by atoms with E-state index in [1.165, 1.54) is 12.1 Å². The Hall–Kier alpha value is -1.22. The van der Waals surface area contributed by atoms with Gasteiger partial charge < -0.3 is 5.73 Å². The third-order valence-corrected chi connectivity index (χ3v) is 2.35. The summed E-state index contributed by atoms with van der Waals surface area (Å²) in [5.74, 6) is -0.859. The highest BCUT2D eigenvalue weighted by atomic mass is 19.1. The molecule has 0 saturated heterocycles. The first-order valence-electron chi connectivity index (χ1n) is 4.88. The lowest BCUT2D eigenvalue weighted by Crippen LogP contribution is -2.42. The van der Waals surface area contributed by atoms with Crippen LogP contribution in [0.15, 0.2) is 24.3 Å². The Morgan fingerprint density at radius 2 is 1.87 bits per heavy atom. The van der Waals surface area contributed by atoms with Crippen LogP contribution in [0, 0.1) is 11.2 Å². The summed E-state index contributed by atoms with van der Waals surface area (Å²) < 4.78 is 13.3. The Labute approximate surface area is 89.3 Å². The molecule has 0 aliphatic carbocycles. The topological polar surface area (TPSA) is 43.1 Å². The molecule has 0 spiro atoms. The lowest BCUT2D eigenvalue weighted by atomic mass is 9.83. The van der Waals surface area contributed by atoms with E-state index in [2.05, 4.69) is 0 Å². The van der Waals surface area contributed by atoms with E-state index in [1.807, 2.05) is 20.8 Å². The molecule has 0 heterocycles. The van der Waals surface area contributed by atoms with Crippen LogP contribution in [0.25, 0.3) is 0 Å². The molecule has 15 heavy (non-hydrogen) atoms. The van der Waals surface area contributed by atoms with Crippen molar-refractivity contribution in [3.05, 3.63) is 35.6 Å². The smallest absolute Gasteiger partial charge is 0.182 e. The van der Waals surface area contributed by atoms with Gasteiger partial charge in [0.1, 0.15) is 5.82 Å². The van der Waals surface area contributed by atoms with E-state index < -0.39 is 11.9 Å². The summed E-state index contributed by atoms with van der Waals surface area (Å²) in [7, 11) is 0. The van der Waals surface area contributed by atoms with E-state index in [4.69, 9.17) is 5.73 Å². The van der Waals surface area contributed by atoms with Crippen molar-refractivity contribution in [3.8, 4) is 0 Å². The second-order valence-electron chi connectivity index (χ2n) is 4.69. The number of halogens is 1. The second-order valence-corrected chi connectivity index (χ2v) is 4.69. The molecule has 1 rings (SSSR count). The number of hydrogen-bond donors (Lipinski definition) is 1. The van der Waals surface area contributed by atoms with Crippen LogP contribution in [0.1, 0.15) is 31.1 Å². The van der Waals surface area contributed by atoms with Crippen molar-refractivity contribution in [1.29, 1.82) is 0 Å². The van der Waals surface area contributed by atoms with Gasteiger partial charge in [0, 0.05) is 0 Å². The monoisotopic (exact) mass is 209 g/mol. The zero-order valence-electron chi connectivity index (χ0n) is 9.25. The van der Waals surface area contributed by atoms with Crippen LogP contribution in [0.5, 0.6) is 0 Å². The van der Waals surface area contributed by atoms with E-state index in [0.29, 0.717) is 0 Å².